The van der Waals surface area contributed by atoms with Gasteiger partial charge in [0, 0.05) is 17.8 Å². The van der Waals surface area contributed by atoms with E-state index in [1.165, 1.54) is 4.31 Å². The van der Waals surface area contributed by atoms with Crippen molar-refractivity contribution in [3.8, 4) is 11.1 Å². The number of nitrogens with one attached hydrogen (secondary N) is 1. The summed E-state index contributed by atoms with van der Waals surface area (Å²) in [7, 11) is -3.20. The molecule has 1 saturated heterocycles. The van der Waals surface area contributed by atoms with Crippen molar-refractivity contribution in [2.45, 2.75) is 6.42 Å². The highest BCUT2D eigenvalue weighted by molar-refractivity contribution is 7.93. The Balaban J connectivity index is 1.45. The molecule has 0 aliphatic carbocycles. The van der Waals surface area contributed by atoms with E-state index in [9.17, 15) is 13.2 Å². The SMILES string of the molecule is O=C(Nc1ccc(N2CCCS2(=O)=O)cc1)c1ccc(-c2ccccc2)cc1. The molecule has 142 valence electrons. The maximum absolute atomic E-state index is 12.5. The Bertz CT molecular complexity index is 1080. The average molecular weight is 392 g/mol. The van der Waals surface area contributed by atoms with Crippen LogP contribution in [-0.4, -0.2) is 26.6 Å². The maximum Gasteiger partial charge on any atom is 0.255 e. The fourth-order valence-electron chi connectivity index (χ4n) is 3.29. The van der Waals surface area contributed by atoms with Gasteiger partial charge in [-0.15, -0.1) is 0 Å². The molecule has 0 bridgehead atoms. The zero-order valence-electron chi connectivity index (χ0n) is 15.2. The Labute approximate surface area is 164 Å². The number of sulfonamides is 1. The van der Waals surface area contributed by atoms with Crippen LogP contribution in [0.15, 0.2) is 78.9 Å². The van der Waals surface area contributed by atoms with E-state index in [4.69, 9.17) is 0 Å². The minimum atomic E-state index is -3.20. The van der Waals surface area contributed by atoms with Gasteiger partial charge in [-0.05, 0) is 53.9 Å². The van der Waals surface area contributed by atoms with E-state index in [-0.39, 0.29) is 11.7 Å². The Hall–Kier alpha value is -3.12. The van der Waals surface area contributed by atoms with Crippen molar-refractivity contribution in [2.24, 2.45) is 0 Å². The highest BCUT2D eigenvalue weighted by atomic mass is 32.2. The molecule has 3 aromatic rings. The average Bonchev–Trinajstić information content (AvgIpc) is 3.08. The van der Waals surface area contributed by atoms with Crippen LogP contribution >= 0.6 is 0 Å². The van der Waals surface area contributed by atoms with E-state index in [0.717, 1.165) is 11.1 Å². The summed E-state index contributed by atoms with van der Waals surface area (Å²) >= 11 is 0. The van der Waals surface area contributed by atoms with E-state index in [0.29, 0.717) is 29.9 Å². The summed E-state index contributed by atoms with van der Waals surface area (Å²) in [6.07, 6.45) is 0.639. The molecular weight excluding hydrogens is 372 g/mol. The molecule has 0 spiro atoms. The van der Waals surface area contributed by atoms with E-state index < -0.39 is 10.0 Å². The van der Waals surface area contributed by atoms with Crippen LogP contribution in [0.3, 0.4) is 0 Å². The molecule has 0 radical (unpaired) electrons. The molecule has 4 rings (SSSR count). The molecule has 1 heterocycles. The molecule has 0 aromatic heterocycles. The lowest BCUT2D eigenvalue weighted by Crippen LogP contribution is -2.24. The topological polar surface area (TPSA) is 66.5 Å². The highest BCUT2D eigenvalue weighted by Crippen LogP contribution is 2.25. The summed E-state index contributed by atoms with van der Waals surface area (Å²) in [4.78, 5) is 12.5. The third kappa shape index (κ3) is 3.77. The van der Waals surface area contributed by atoms with E-state index in [2.05, 4.69) is 5.32 Å². The normalized spacial score (nSPS) is 15.4. The molecule has 28 heavy (non-hydrogen) atoms. The number of hydrogen-bond acceptors (Lipinski definition) is 3. The van der Waals surface area contributed by atoms with Crippen LogP contribution in [0.2, 0.25) is 0 Å². The molecule has 1 aliphatic heterocycles. The van der Waals surface area contributed by atoms with Crippen molar-refractivity contribution in [3.63, 3.8) is 0 Å². The fraction of sp³-hybridized carbons (Fsp3) is 0.136. The number of carbonyl (C=O) groups excluding carboxylic acids is 1. The van der Waals surface area contributed by atoms with Crippen molar-refractivity contribution < 1.29 is 13.2 Å². The van der Waals surface area contributed by atoms with Crippen molar-refractivity contribution >= 4 is 27.3 Å². The van der Waals surface area contributed by atoms with Gasteiger partial charge in [0.25, 0.3) is 5.91 Å². The number of hydrogen-bond donors (Lipinski definition) is 1. The first-order valence-corrected chi connectivity index (χ1v) is 10.7. The lowest BCUT2D eigenvalue weighted by atomic mass is 10.0. The van der Waals surface area contributed by atoms with Gasteiger partial charge in [0.2, 0.25) is 10.0 Å². The van der Waals surface area contributed by atoms with Gasteiger partial charge in [-0.1, -0.05) is 42.5 Å². The van der Waals surface area contributed by atoms with Crippen LogP contribution < -0.4 is 9.62 Å². The van der Waals surface area contributed by atoms with Crippen molar-refractivity contribution in [3.05, 3.63) is 84.4 Å². The second-order valence-electron chi connectivity index (χ2n) is 6.69. The van der Waals surface area contributed by atoms with Gasteiger partial charge < -0.3 is 5.32 Å². The molecule has 1 amide bonds. The number of anilines is 2. The predicted molar refractivity (Wildman–Crippen MR) is 112 cm³/mol. The van der Waals surface area contributed by atoms with Crippen LogP contribution in [0.4, 0.5) is 11.4 Å². The fourth-order valence-corrected chi connectivity index (χ4v) is 4.85. The van der Waals surface area contributed by atoms with Crippen molar-refractivity contribution in [1.82, 2.24) is 0 Å². The minimum Gasteiger partial charge on any atom is -0.322 e. The molecule has 3 aromatic carbocycles. The quantitative estimate of drug-likeness (QED) is 0.725. The zero-order valence-corrected chi connectivity index (χ0v) is 16.0. The molecule has 0 unspecified atom stereocenters. The molecule has 1 N–H and O–H groups in total. The molecular formula is C22H20N2O3S. The maximum atomic E-state index is 12.5. The predicted octanol–water partition coefficient (Wildman–Crippen LogP) is 4.15. The summed E-state index contributed by atoms with van der Waals surface area (Å²) in [5.74, 6) is -0.0223. The lowest BCUT2D eigenvalue weighted by Gasteiger charge is -2.17. The number of nitrogens with zero attached hydrogens (tertiary/aromatic N) is 1. The standard InChI is InChI=1S/C22H20N2O3S/c25-22(19-9-7-18(8-10-19)17-5-2-1-3-6-17)23-20-11-13-21(14-12-20)24-15-4-16-28(24,26)27/h1-3,5-14H,4,15-16H2,(H,23,25). The molecule has 1 aliphatic rings. The van der Waals surface area contributed by atoms with Crippen LogP contribution in [0, 0.1) is 0 Å². The van der Waals surface area contributed by atoms with Crippen molar-refractivity contribution in [2.75, 3.05) is 21.9 Å². The van der Waals surface area contributed by atoms with Gasteiger partial charge in [-0.25, -0.2) is 8.42 Å². The summed E-state index contributed by atoms with van der Waals surface area (Å²) < 4.78 is 25.4. The number of rotatable bonds is 4. The van der Waals surface area contributed by atoms with Gasteiger partial charge in [-0.2, -0.15) is 0 Å². The van der Waals surface area contributed by atoms with Gasteiger partial charge in [-0.3, -0.25) is 9.10 Å². The van der Waals surface area contributed by atoms with E-state index in [1.807, 2.05) is 42.5 Å². The molecule has 0 atom stereocenters. The van der Waals surface area contributed by atoms with Crippen LogP contribution in [0.1, 0.15) is 16.8 Å². The van der Waals surface area contributed by atoms with Gasteiger partial charge in [0.05, 0.1) is 11.4 Å². The first-order chi connectivity index (χ1) is 13.5. The number of amides is 1. The second-order valence-corrected chi connectivity index (χ2v) is 8.70. The number of benzene rings is 3. The van der Waals surface area contributed by atoms with Gasteiger partial charge >= 0.3 is 0 Å². The Morgan fingerprint density at radius 2 is 1.46 bits per heavy atom. The van der Waals surface area contributed by atoms with Gasteiger partial charge in [0.15, 0.2) is 0 Å². The molecule has 5 nitrogen and oxygen atoms in total. The van der Waals surface area contributed by atoms with E-state index >= 15 is 0 Å². The summed E-state index contributed by atoms with van der Waals surface area (Å²) in [6, 6.07) is 24.3. The number of carbonyl (C=O) groups is 1. The van der Waals surface area contributed by atoms with E-state index in [1.54, 1.807) is 36.4 Å². The summed E-state index contributed by atoms with van der Waals surface area (Å²) in [5.41, 5.74) is 3.96. The Morgan fingerprint density at radius 3 is 2.07 bits per heavy atom. The third-order valence-corrected chi connectivity index (χ3v) is 6.64. The smallest absolute Gasteiger partial charge is 0.255 e. The second kappa shape index (κ2) is 7.48. The van der Waals surface area contributed by atoms with Crippen LogP contribution in [0.5, 0.6) is 0 Å². The lowest BCUT2D eigenvalue weighted by molar-refractivity contribution is 0.102. The van der Waals surface area contributed by atoms with Crippen LogP contribution in [0.25, 0.3) is 11.1 Å². The van der Waals surface area contributed by atoms with Gasteiger partial charge in [0.1, 0.15) is 0 Å². The third-order valence-electron chi connectivity index (χ3n) is 4.77. The zero-order chi connectivity index (χ0) is 19.6. The first kappa shape index (κ1) is 18.3. The Morgan fingerprint density at radius 1 is 0.821 bits per heavy atom. The van der Waals surface area contributed by atoms with Crippen molar-refractivity contribution in [1.29, 1.82) is 0 Å². The summed E-state index contributed by atoms with van der Waals surface area (Å²) in [5, 5.41) is 2.85. The minimum absolute atomic E-state index is 0.185. The Kier molecular flexibility index (Phi) is 4.88. The summed E-state index contributed by atoms with van der Waals surface area (Å²) in [6.45, 7) is 0.502. The largest absolute Gasteiger partial charge is 0.322 e. The van der Waals surface area contributed by atoms with Crippen LogP contribution in [-0.2, 0) is 10.0 Å². The first-order valence-electron chi connectivity index (χ1n) is 9.10. The molecule has 0 saturated carbocycles. The molecule has 1 fully saturated rings. The monoisotopic (exact) mass is 392 g/mol. The molecule has 6 heteroatoms. The highest BCUT2D eigenvalue weighted by Gasteiger charge is 2.28.